The van der Waals surface area contributed by atoms with E-state index in [1.54, 1.807) is 11.2 Å². The Morgan fingerprint density at radius 1 is 1.24 bits per heavy atom. The summed E-state index contributed by atoms with van der Waals surface area (Å²) in [7, 11) is 0. The first-order chi connectivity index (χ1) is 12.2. The van der Waals surface area contributed by atoms with Crippen LogP contribution in [-0.4, -0.2) is 27.4 Å². The minimum atomic E-state index is 0.711. The zero-order valence-corrected chi connectivity index (χ0v) is 15.2. The summed E-state index contributed by atoms with van der Waals surface area (Å²) in [5.74, 6) is 2.25. The summed E-state index contributed by atoms with van der Waals surface area (Å²) in [6.45, 7) is 5.49. The Hall–Kier alpha value is -2.18. The molecule has 0 amide bonds. The summed E-state index contributed by atoms with van der Waals surface area (Å²) in [6.07, 6.45) is 4.27. The van der Waals surface area contributed by atoms with Crippen molar-refractivity contribution in [3.8, 4) is 17.3 Å². The number of likely N-dealkylation sites (tertiary alicyclic amines) is 1. The van der Waals surface area contributed by atoms with Crippen LogP contribution in [-0.2, 0) is 6.67 Å². The lowest BCUT2D eigenvalue weighted by molar-refractivity contribution is -0.931. The van der Waals surface area contributed by atoms with Crippen LogP contribution >= 0.6 is 12.2 Å². The third-order valence-corrected chi connectivity index (χ3v) is 5.23. The number of hydrogen-bond donors (Lipinski definition) is 1. The van der Waals surface area contributed by atoms with E-state index >= 15 is 0 Å². The van der Waals surface area contributed by atoms with Gasteiger partial charge in [-0.25, -0.2) is 0 Å². The minimum absolute atomic E-state index is 0.711. The van der Waals surface area contributed by atoms with E-state index in [-0.39, 0.29) is 0 Å². The number of nitrogens with zero attached hydrogens (tertiary/aromatic N) is 3. The Morgan fingerprint density at radius 3 is 2.80 bits per heavy atom. The van der Waals surface area contributed by atoms with Crippen LogP contribution in [0.4, 0.5) is 0 Å². The lowest BCUT2D eigenvalue weighted by atomic mass is 10.0. The summed E-state index contributed by atoms with van der Waals surface area (Å²) < 4.78 is 10.3. The molecule has 4 rings (SSSR count). The monoisotopic (exact) mass is 355 g/mol. The molecule has 1 N–H and O–H groups in total. The van der Waals surface area contributed by atoms with Crippen LogP contribution in [0.3, 0.4) is 0 Å². The smallest absolute Gasteiger partial charge is 0.207 e. The van der Waals surface area contributed by atoms with Crippen molar-refractivity contribution in [2.24, 2.45) is 5.92 Å². The molecule has 1 aliphatic heterocycles. The lowest BCUT2D eigenvalue weighted by Gasteiger charge is -2.27. The zero-order valence-electron chi connectivity index (χ0n) is 14.4. The predicted octanol–water partition coefficient (Wildman–Crippen LogP) is 2.94. The third-order valence-electron chi connectivity index (χ3n) is 4.83. The molecule has 6 heteroatoms. The first-order valence-electron chi connectivity index (χ1n) is 8.85. The van der Waals surface area contributed by atoms with Gasteiger partial charge in [-0.05, 0) is 49.3 Å². The van der Waals surface area contributed by atoms with Gasteiger partial charge in [0.25, 0.3) is 0 Å². The molecule has 0 saturated carbocycles. The molecule has 0 aliphatic carbocycles. The van der Waals surface area contributed by atoms with Gasteiger partial charge in [0.15, 0.2) is 12.4 Å². The van der Waals surface area contributed by atoms with E-state index in [1.165, 1.54) is 25.9 Å². The molecular formula is C19H23N4OS+. The highest BCUT2D eigenvalue weighted by molar-refractivity contribution is 7.71. The maximum atomic E-state index is 5.78. The number of rotatable bonds is 4. The first kappa shape index (κ1) is 16.3. The van der Waals surface area contributed by atoms with Gasteiger partial charge < -0.3 is 9.32 Å². The molecule has 0 radical (unpaired) electrons. The molecule has 0 spiro atoms. The summed E-state index contributed by atoms with van der Waals surface area (Å²) in [5.41, 5.74) is 1.01. The van der Waals surface area contributed by atoms with Gasteiger partial charge in [-0.3, -0.25) is 4.57 Å². The van der Waals surface area contributed by atoms with E-state index in [2.05, 4.69) is 6.92 Å². The van der Waals surface area contributed by atoms with Crippen LogP contribution in [0.15, 0.2) is 53.1 Å². The normalized spacial score (nSPS) is 20.7. The Kier molecular flexibility index (Phi) is 4.55. The van der Waals surface area contributed by atoms with E-state index in [9.17, 15) is 0 Å². The molecule has 5 nitrogen and oxygen atoms in total. The molecule has 3 aromatic rings. The number of hydrogen-bond acceptors (Lipinski definition) is 3. The number of furan rings is 1. The molecule has 1 aliphatic rings. The summed E-state index contributed by atoms with van der Waals surface area (Å²) in [5, 5.41) is 4.81. The molecule has 1 unspecified atom stereocenters. The summed E-state index contributed by atoms with van der Waals surface area (Å²) >= 11 is 5.78. The van der Waals surface area contributed by atoms with Gasteiger partial charge in [-0.15, -0.1) is 5.10 Å². The molecule has 3 heterocycles. The second-order valence-corrected chi connectivity index (χ2v) is 7.23. The first-order valence-corrected chi connectivity index (χ1v) is 9.26. The predicted molar refractivity (Wildman–Crippen MR) is 99.2 cm³/mol. The standard InChI is InChI=1S/C19H22N4OS/c1-15-7-5-11-21(13-15)14-22-19(25)23(16-8-3-2-4-9-16)18(20-22)17-10-6-12-24-17/h2-4,6,8-10,12,15H,5,7,11,13-14H2,1H3/p+1/t15-/m0/s1. The van der Waals surface area contributed by atoms with Crippen LogP contribution in [0.5, 0.6) is 0 Å². The van der Waals surface area contributed by atoms with Crippen molar-refractivity contribution in [3.63, 3.8) is 0 Å². The highest BCUT2D eigenvalue weighted by Gasteiger charge is 2.23. The van der Waals surface area contributed by atoms with E-state index in [4.69, 9.17) is 21.7 Å². The highest BCUT2D eigenvalue weighted by Crippen LogP contribution is 2.22. The zero-order chi connectivity index (χ0) is 17.2. The average Bonchev–Trinajstić information content (AvgIpc) is 3.25. The number of aromatic nitrogens is 3. The second kappa shape index (κ2) is 6.98. The van der Waals surface area contributed by atoms with Gasteiger partial charge in [-0.1, -0.05) is 25.1 Å². The highest BCUT2D eigenvalue weighted by atomic mass is 32.1. The largest absolute Gasteiger partial charge is 0.461 e. The Bertz CT molecular complexity index is 882. The van der Waals surface area contributed by atoms with Crippen molar-refractivity contribution < 1.29 is 9.32 Å². The maximum Gasteiger partial charge on any atom is 0.207 e. The van der Waals surface area contributed by atoms with E-state index in [0.29, 0.717) is 4.77 Å². The summed E-state index contributed by atoms with van der Waals surface area (Å²) in [6, 6.07) is 13.9. The average molecular weight is 355 g/mol. The quantitative estimate of drug-likeness (QED) is 0.732. The van der Waals surface area contributed by atoms with Crippen LogP contribution in [0.2, 0.25) is 0 Å². The topological polar surface area (TPSA) is 40.3 Å². The molecule has 1 fully saturated rings. The van der Waals surface area contributed by atoms with Crippen molar-refractivity contribution >= 4 is 12.2 Å². The molecule has 0 bridgehead atoms. The van der Waals surface area contributed by atoms with E-state index < -0.39 is 0 Å². The Morgan fingerprint density at radius 2 is 2.08 bits per heavy atom. The molecule has 1 saturated heterocycles. The Labute approximate surface area is 152 Å². The van der Waals surface area contributed by atoms with Crippen molar-refractivity contribution in [3.05, 3.63) is 53.5 Å². The second-order valence-electron chi connectivity index (χ2n) is 6.86. The summed E-state index contributed by atoms with van der Waals surface area (Å²) in [4.78, 5) is 1.54. The number of quaternary nitrogens is 1. The number of piperidine rings is 1. The van der Waals surface area contributed by atoms with Crippen LogP contribution < -0.4 is 4.90 Å². The van der Waals surface area contributed by atoms with Gasteiger partial charge in [0.05, 0.1) is 25.0 Å². The van der Waals surface area contributed by atoms with Gasteiger partial charge in [0.2, 0.25) is 10.6 Å². The van der Waals surface area contributed by atoms with Gasteiger partial charge >= 0.3 is 0 Å². The number of benzene rings is 1. The van der Waals surface area contributed by atoms with Crippen LogP contribution in [0, 0.1) is 10.7 Å². The van der Waals surface area contributed by atoms with Crippen molar-refractivity contribution in [2.75, 3.05) is 13.1 Å². The molecule has 130 valence electrons. The molecule has 2 atom stereocenters. The third kappa shape index (κ3) is 3.32. The Balaban J connectivity index is 1.75. The fourth-order valence-corrected chi connectivity index (χ4v) is 3.94. The van der Waals surface area contributed by atoms with Gasteiger partial charge in [0.1, 0.15) is 0 Å². The fourth-order valence-electron chi connectivity index (χ4n) is 3.64. The maximum absolute atomic E-state index is 5.78. The molecule has 2 aromatic heterocycles. The number of nitrogens with one attached hydrogen (secondary N) is 1. The lowest BCUT2D eigenvalue weighted by Crippen LogP contribution is -3.12. The van der Waals surface area contributed by atoms with Crippen molar-refractivity contribution in [1.29, 1.82) is 0 Å². The minimum Gasteiger partial charge on any atom is -0.461 e. The van der Waals surface area contributed by atoms with Crippen LogP contribution in [0.25, 0.3) is 17.3 Å². The van der Waals surface area contributed by atoms with Crippen molar-refractivity contribution in [1.82, 2.24) is 14.3 Å². The van der Waals surface area contributed by atoms with Gasteiger partial charge in [-0.2, -0.15) is 4.68 Å². The van der Waals surface area contributed by atoms with Crippen LogP contribution in [0.1, 0.15) is 19.8 Å². The molecular weight excluding hydrogens is 332 g/mol. The van der Waals surface area contributed by atoms with E-state index in [0.717, 1.165) is 29.9 Å². The van der Waals surface area contributed by atoms with Gasteiger partial charge in [0, 0.05) is 5.92 Å². The van der Waals surface area contributed by atoms with E-state index in [1.807, 2.05) is 51.7 Å². The molecule has 25 heavy (non-hydrogen) atoms. The SMILES string of the molecule is C[C@H]1CCC[NH+](Cn2nc(-c3ccco3)n(-c3ccccc3)c2=S)C1. The fraction of sp³-hybridized carbons (Fsp3) is 0.368. The number of para-hydroxylation sites is 1. The molecule has 1 aromatic carbocycles. The van der Waals surface area contributed by atoms with Crippen molar-refractivity contribution in [2.45, 2.75) is 26.4 Å².